The Morgan fingerprint density at radius 3 is 2.42 bits per heavy atom. The molecule has 36 heavy (non-hydrogen) atoms. The van der Waals surface area contributed by atoms with Gasteiger partial charge in [0.2, 0.25) is 5.95 Å². The van der Waals surface area contributed by atoms with Gasteiger partial charge in [-0.05, 0) is 49.2 Å². The minimum absolute atomic E-state index is 0.279. The molecular formula is C26H28F3N5O2. The summed E-state index contributed by atoms with van der Waals surface area (Å²) in [5, 5.41) is 6.71. The first kappa shape index (κ1) is 24.2. The van der Waals surface area contributed by atoms with Gasteiger partial charge < -0.3 is 25.0 Å². The normalized spacial score (nSPS) is 16.7. The number of nitrogens with one attached hydrogen (secondary N) is 2. The molecule has 2 N–H and O–H groups in total. The fraction of sp³-hybridized carbons (Fsp3) is 0.385. The summed E-state index contributed by atoms with van der Waals surface area (Å²) in [6, 6.07) is 15.9. The fourth-order valence-electron chi connectivity index (χ4n) is 4.55. The van der Waals surface area contributed by atoms with Gasteiger partial charge >= 0.3 is 6.36 Å². The van der Waals surface area contributed by atoms with Crippen LogP contribution in [0.4, 0.5) is 36.3 Å². The molecule has 1 aliphatic carbocycles. The molecule has 0 amide bonds. The van der Waals surface area contributed by atoms with Crippen molar-refractivity contribution in [3.05, 3.63) is 54.6 Å². The molecule has 3 aromatic rings. The second kappa shape index (κ2) is 10.6. The summed E-state index contributed by atoms with van der Waals surface area (Å²) in [6.45, 7) is 3.15. The number of benzene rings is 2. The average Bonchev–Trinajstić information content (AvgIpc) is 3.37. The van der Waals surface area contributed by atoms with Crippen molar-refractivity contribution in [2.75, 3.05) is 41.8 Å². The van der Waals surface area contributed by atoms with Crippen molar-refractivity contribution in [3.63, 3.8) is 0 Å². The van der Waals surface area contributed by atoms with Gasteiger partial charge in [0, 0.05) is 42.1 Å². The second-order valence-electron chi connectivity index (χ2n) is 8.93. The quantitative estimate of drug-likeness (QED) is 0.415. The summed E-state index contributed by atoms with van der Waals surface area (Å²) >= 11 is 0. The Kier molecular flexibility index (Phi) is 7.13. The number of anilines is 4. The Hall–Kier alpha value is -3.53. The zero-order valence-electron chi connectivity index (χ0n) is 19.7. The van der Waals surface area contributed by atoms with Gasteiger partial charge in [-0.3, -0.25) is 0 Å². The first-order valence-corrected chi connectivity index (χ1v) is 12.1. The molecule has 190 valence electrons. The van der Waals surface area contributed by atoms with Crippen LogP contribution in [0.15, 0.2) is 54.6 Å². The summed E-state index contributed by atoms with van der Waals surface area (Å²) in [7, 11) is 0. The Morgan fingerprint density at radius 1 is 0.944 bits per heavy atom. The SMILES string of the molecule is FC(F)(F)Oc1cccc(-c2cc(Nc3ccc(N4CCOCC4)cc3)nc(NC3CCCC3)n2)c1. The number of rotatable bonds is 7. The lowest BCUT2D eigenvalue weighted by Crippen LogP contribution is -2.36. The second-order valence-corrected chi connectivity index (χ2v) is 8.93. The highest BCUT2D eigenvalue weighted by atomic mass is 19.4. The predicted octanol–water partition coefficient (Wildman–Crippen LogP) is 5.98. The average molecular weight is 500 g/mol. The molecule has 5 rings (SSSR count). The van der Waals surface area contributed by atoms with Gasteiger partial charge in [-0.1, -0.05) is 25.0 Å². The number of nitrogens with zero attached hydrogens (tertiary/aromatic N) is 3. The summed E-state index contributed by atoms with van der Waals surface area (Å²) in [4.78, 5) is 11.5. The number of morpholine rings is 1. The lowest BCUT2D eigenvalue weighted by atomic mass is 10.1. The molecule has 0 atom stereocenters. The zero-order valence-corrected chi connectivity index (χ0v) is 19.7. The van der Waals surface area contributed by atoms with Crippen LogP contribution in [0.3, 0.4) is 0 Å². The molecule has 1 saturated carbocycles. The minimum Gasteiger partial charge on any atom is -0.406 e. The highest BCUT2D eigenvalue weighted by Crippen LogP contribution is 2.30. The lowest BCUT2D eigenvalue weighted by molar-refractivity contribution is -0.274. The largest absolute Gasteiger partial charge is 0.573 e. The van der Waals surface area contributed by atoms with Crippen LogP contribution in [0.1, 0.15) is 25.7 Å². The topological polar surface area (TPSA) is 71.5 Å². The molecule has 1 aromatic heterocycles. The molecule has 10 heteroatoms. The summed E-state index contributed by atoms with van der Waals surface area (Å²) in [6.07, 6.45) is -0.397. The van der Waals surface area contributed by atoms with Crippen molar-refractivity contribution in [2.24, 2.45) is 0 Å². The van der Waals surface area contributed by atoms with Crippen molar-refractivity contribution in [1.82, 2.24) is 9.97 Å². The van der Waals surface area contributed by atoms with Crippen molar-refractivity contribution in [2.45, 2.75) is 38.1 Å². The van der Waals surface area contributed by atoms with E-state index in [9.17, 15) is 13.2 Å². The molecule has 1 aliphatic heterocycles. The maximum atomic E-state index is 12.7. The fourth-order valence-corrected chi connectivity index (χ4v) is 4.55. The molecule has 2 heterocycles. The van der Waals surface area contributed by atoms with Gasteiger partial charge in [0.25, 0.3) is 0 Å². The Labute approximate surface area is 207 Å². The highest BCUT2D eigenvalue weighted by Gasteiger charge is 2.31. The van der Waals surface area contributed by atoms with Crippen molar-refractivity contribution in [1.29, 1.82) is 0 Å². The van der Waals surface area contributed by atoms with Gasteiger partial charge in [-0.2, -0.15) is 4.98 Å². The van der Waals surface area contributed by atoms with Crippen LogP contribution in [0.5, 0.6) is 5.75 Å². The highest BCUT2D eigenvalue weighted by molar-refractivity contribution is 5.69. The maximum Gasteiger partial charge on any atom is 0.573 e. The molecule has 0 radical (unpaired) electrons. The van der Waals surface area contributed by atoms with E-state index in [0.717, 1.165) is 63.4 Å². The van der Waals surface area contributed by atoms with E-state index in [1.165, 1.54) is 18.2 Å². The monoisotopic (exact) mass is 499 g/mol. The van der Waals surface area contributed by atoms with Crippen molar-refractivity contribution in [3.8, 4) is 17.0 Å². The van der Waals surface area contributed by atoms with Crippen LogP contribution < -0.4 is 20.3 Å². The first-order chi connectivity index (χ1) is 17.4. The van der Waals surface area contributed by atoms with Gasteiger partial charge in [-0.15, -0.1) is 13.2 Å². The molecule has 2 aromatic carbocycles. The van der Waals surface area contributed by atoms with E-state index in [2.05, 4.69) is 30.2 Å². The molecule has 0 bridgehead atoms. The van der Waals surface area contributed by atoms with E-state index in [1.807, 2.05) is 24.3 Å². The molecule has 2 fully saturated rings. The van der Waals surface area contributed by atoms with Crippen LogP contribution in [-0.4, -0.2) is 48.7 Å². The van der Waals surface area contributed by atoms with Gasteiger partial charge in [0.05, 0.1) is 18.9 Å². The minimum atomic E-state index is -4.76. The number of halogens is 3. The first-order valence-electron chi connectivity index (χ1n) is 12.1. The van der Waals surface area contributed by atoms with Gasteiger partial charge in [-0.25, -0.2) is 4.98 Å². The number of alkyl halides is 3. The molecule has 1 saturated heterocycles. The van der Waals surface area contributed by atoms with Crippen LogP contribution in [0.25, 0.3) is 11.3 Å². The van der Waals surface area contributed by atoms with Crippen LogP contribution in [0, 0.1) is 0 Å². The molecule has 2 aliphatic rings. The van der Waals surface area contributed by atoms with E-state index in [4.69, 9.17) is 4.74 Å². The smallest absolute Gasteiger partial charge is 0.406 e. The third-order valence-corrected chi connectivity index (χ3v) is 6.29. The Bertz CT molecular complexity index is 1160. The van der Waals surface area contributed by atoms with Gasteiger partial charge in [0.1, 0.15) is 11.6 Å². The number of aromatic nitrogens is 2. The van der Waals surface area contributed by atoms with E-state index < -0.39 is 6.36 Å². The van der Waals surface area contributed by atoms with E-state index in [1.54, 1.807) is 12.1 Å². The van der Waals surface area contributed by atoms with Crippen LogP contribution in [-0.2, 0) is 4.74 Å². The van der Waals surface area contributed by atoms with Crippen LogP contribution >= 0.6 is 0 Å². The van der Waals surface area contributed by atoms with Gasteiger partial charge in [0.15, 0.2) is 0 Å². The standard InChI is InChI=1S/C26H28F3N5O2/c27-26(28,29)36-22-7-3-4-18(16-22)23-17-24(33-25(32-23)31-19-5-1-2-6-19)30-20-8-10-21(11-9-20)34-12-14-35-15-13-34/h3-4,7-11,16-17,19H,1-2,5-6,12-15H2,(H2,30,31,32,33). The third kappa shape index (κ3) is 6.37. The summed E-state index contributed by atoms with van der Waals surface area (Å²) < 4.78 is 47.8. The Morgan fingerprint density at radius 2 is 1.69 bits per heavy atom. The third-order valence-electron chi connectivity index (χ3n) is 6.29. The number of hydrogen-bond donors (Lipinski definition) is 2. The summed E-state index contributed by atoms with van der Waals surface area (Å²) in [5.74, 6) is 0.688. The van der Waals surface area contributed by atoms with Crippen LogP contribution in [0.2, 0.25) is 0 Å². The molecule has 0 unspecified atom stereocenters. The Balaban J connectivity index is 1.40. The predicted molar refractivity (Wildman–Crippen MR) is 133 cm³/mol. The number of hydrogen-bond acceptors (Lipinski definition) is 7. The molecular weight excluding hydrogens is 471 g/mol. The van der Waals surface area contributed by atoms with E-state index >= 15 is 0 Å². The van der Waals surface area contributed by atoms with Crippen molar-refractivity contribution >= 4 is 23.1 Å². The van der Waals surface area contributed by atoms with E-state index in [-0.39, 0.29) is 11.8 Å². The van der Waals surface area contributed by atoms with Crippen molar-refractivity contribution < 1.29 is 22.6 Å². The number of ether oxygens (including phenoxy) is 2. The maximum absolute atomic E-state index is 12.7. The molecule has 7 nitrogen and oxygen atoms in total. The summed E-state index contributed by atoms with van der Waals surface area (Å²) in [5.41, 5.74) is 2.96. The lowest BCUT2D eigenvalue weighted by Gasteiger charge is -2.28. The van der Waals surface area contributed by atoms with E-state index in [0.29, 0.717) is 23.0 Å². The zero-order chi connectivity index (χ0) is 25.0. The molecule has 0 spiro atoms.